The molecular formula is C33H43N3O5. The fourth-order valence-corrected chi connectivity index (χ4v) is 7.51. The number of aryl methyl sites for hydroxylation is 2. The number of hydrogen-bond acceptors (Lipinski definition) is 5. The van der Waals surface area contributed by atoms with Crippen LogP contribution in [0, 0.1) is 37.5 Å². The summed E-state index contributed by atoms with van der Waals surface area (Å²) in [6.07, 6.45) is 1.19. The van der Waals surface area contributed by atoms with Gasteiger partial charge in [0.2, 0.25) is 17.7 Å². The number of ether oxygens (including phenoxy) is 1. The highest BCUT2D eigenvalue weighted by Crippen LogP contribution is 2.65. The van der Waals surface area contributed by atoms with E-state index in [-0.39, 0.29) is 36.2 Å². The molecule has 3 fully saturated rings. The molecule has 2 aromatic rings. The number of aliphatic hydroxyl groups is 1. The van der Waals surface area contributed by atoms with Crippen LogP contribution in [0.2, 0.25) is 0 Å². The number of rotatable bonds is 9. The minimum absolute atomic E-state index is 0.0637. The maximum Gasteiger partial charge on any atom is 0.250 e. The maximum atomic E-state index is 14.5. The van der Waals surface area contributed by atoms with Gasteiger partial charge in [0.25, 0.3) is 0 Å². The average molecular weight is 562 g/mol. The molecule has 3 aliphatic rings. The number of amides is 3. The lowest BCUT2D eigenvalue weighted by Gasteiger charge is -2.39. The van der Waals surface area contributed by atoms with Crippen LogP contribution in [0.3, 0.4) is 0 Å². The van der Waals surface area contributed by atoms with Crippen molar-refractivity contribution in [2.24, 2.45) is 23.7 Å². The molecule has 5 rings (SSSR count). The van der Waals surface area contributed by atoms with Gasteiger partial charge in [0.1, 0.15) is 11.6 Å². The fraction of sp³-hybridized carbons (Fsp3) is 0.545. The van der Waals surface area contributed by atoms with Crippen LogP contribution in [-0.4, -0.2) is 57.6 Å². The van der Waals surface area contributed by atoms with Crippen molar-refractivity contribution in [2.45, 2.75) is 84.2 Å². The van der Waals surface area contributed by atoms with Crippen LogP contribution < -0.4 is 10.6 Å². The average Bonchev–Trinajstić information content (AvgIpc) is 3.47. The van der Waals surface area contributed by atoms with E-state index in [2.05, 4.69) is 10.6 Å². The van der Waals surface area contributed by atoms with E-state index in [1.165, 1.54) is 0 Å². The molecule has 3 N–H and O–H groups in total. The van der Waals surface area contributed by atoms with E-state index in [0.29, 0.717) is 25.1 Å². The summed E-state index contributed by atoms with van der Waals surface area (Å²) in [4.78, 5) is 44.3. The number of fused-ring (bicyclic) bond motifs is 1. The summed E-state index contributed by atoms with van der Waals surface area (Å²) in [5.74, 6) is -2.61. The number of anilines is 1. The summed E-state index contributed by atoms with van der Waals surface area (Å²) in [6.45, 7) is 11.9. The molecule has 3 saturated heterocycles. The zero-order valence-corrected chi connectivity index (χ0v) is 24.9. The third kappa shape index (κ3) is 4.65. The molecule has 8 nitrogen and oxygen atoms in total. The van der Waals surface area contributed by atoms with Gasteiger partial charge in [0.15, 0.2) is 0 Å². The first-order valence-corrected chi connectivity index (χ1v) is 14.8. The summed E-state index contributed by atoms with van der Waals surface area (Å²) in [7, 11) is 0. The van der Waals surface area contributed by atoms with Crippen molar-refractivity contribution in [3.63, 3.8) is 0 Å². The largest absolute Gasteiger partial charge is 0.394 e. The van der Waals surface area contributed by atoms with Crippen LogP contribution in [-0.2, 0) is 25.7 Å². The van der Waals surface area contributed by atoms with E-state index in [1.54, 1.807) is 4.90 Å². The van der Waals surface area contributed by atoms with Crippen molar-refractivity contribution in [3.8, 4) is 0 Å². The van der Waals surface area contributed by atoms with Gasteiger partial charge in [-0.2, -0.15) is 0 Å². The standard InChI is InChI=1S/C33H43N3O5/c1-7-20(3)25(18-37)36-28(30(39)35-24-15-19(2)13-14-21(24)4)33-16-22(5)32(6,41-33)26(27(33)31(36)40)29(38)34-17-23-11-9-8-10-12-23/h8-15,20,22,25-28,37H,7,16-18H2,1-6H3,(H,34,38)(H,35,39)/t20-,22?,25-,26+,27-,28?,32-,33?/m0/s1. The van der Waals surface area contributed by atoms with Crippen molar-refractivity contribution in [3.05, 3.63) is 65.2 Å². The first-order chi connectivity index (χ1) is 19.5. The molecule has 2 aromatic carbocycles. The Bertz CT molecular complexity index is 1330. The zero-order chi connectivity index (χ0) is 29.7. The number of aliphatic hydroxyl groups excluding tert-OH is 1. The summed E-state index contributed by atoms with van der Waals surface area (Å²) >= 11 is 0. The molecule has 2 bridgehead atoms. The molecule has 8 atom stereocenters. The Morgan fingerprint density at radius 1 is 1.15 bits per heavy atom. The summed E-state index contributed by atoms with van der Waals surface area (Å²) in [6, 6.07) is 13.9. The third-order valence-corrected chi connectivity index (χ3v) is 10.1. The predicted octanol–water partition coefficient (Wildman–Crippen LogP) is 3.98. The SMILES string of the molecule is CC[C@H](C)[C@H](CO)N1C(=O)[C@@H]2[C@H](C(=O)NCc3ccccc3)[C@@]3(C)OC2(CC3C)C1C(=O)Nc1cc(C)ccc1C. The zero-order valence-electron chi connectivity index (χ0n) is 24.9. The topological polar surface area (TPSA) is 108 Å². The Labute approximate surface area is 242 Å². The van der Waals surface area contributed by atoms with Gasteiger partial charge in [0, 0.05) is 12.2 Å². The minimum atomic E-state index is -1.18. The molecule has 0 radical (unpaired) electrons. The first-order valence-electron chi connectivity index (χ1n) is 14.8. The monoisotopic (exact) mass is 561 g/mol. The van der Waals surface area contributed by atoms with Gasteiger partial charge < -0.3 is 25.4 Å². The highest BCUT2D eigenvalue weighted by molar-refractivity contribution is 6.04. The van der Waals surface area contributed by atoms with Gasteiger partial charge in [-0.3, -0.25) is 14.4 Å². The number of carbonyl (C=O) groups is 3. The molecule has 0 aliphatic carbocycles. The molecule has 8 heteroatoms. The number of likely N-dealkylation sites (tertiary alicyclic amines) is 1. The van der Waals surface area contributed by atoms with E-state index >= 15 is 0 Å². The Morgan fingerprint density at radius 3 is 2.51 bits per heavy atom. The molecule has 1 spiro atoms. The van der Waals surface area contributed by atoms with Crippen LogP contribution in [0.5, 0.6) is 0 Å². The molecule has 3 heterocycles. The lowest BCUT2D eigenvalue weighted by Crippen LogP contribution is -2.57. The fourth-order valence-electron chi connectivity index (χ4n) is 7.51. The predicted molar refractivity (Wildman–Crippen MR) is 157 cm³/mol. The second-order valence-electron chi connectivity index (χ2n) is 12.6. The van der Waals surface area contributed by atoms with E-state index in [4.69, 9.17) is 4.74 Å². The van der Waals surface area contributed by atoms with Gasteiger partial charge in [-0.15, -0.1) is 0 Å². The maximum absolute atomic E-state index is 14.5. The molecule has 220 valence electrons. The van der Waals surface area contributed by atoms with Crippen LogP contribution in [0.4, 0.5) is 5.69 Å². The third-order valence-electron chi connectivity index (χ3n) is 10.1. The van der Waals surface area contributed by atoms with Crippen LogP contribution in [0.15, 0.2) is 48.5 Å². The van der Waals surface area contributed by atoms with Crippen LogP contribution >= 0.6 is 0 Å². The van der Waals surface area contributed by atoms with Crippen molar-refractivity contribution in [1.29, 1.82) is 0 Å². The summed E-state index contributed by atoms with van der Waals surface area (Å²) < 4.78 is 6.84. The second-order valence-corrected chi connectivity index (χ2v) is 12.6. The molecule has 0 saturated carbocycles. The van der Waals surface area contributed by atoms with Gasteiger partial charge in [-0.1, -0.05) is 69.7 Å². The van der Waals surface area contributed by atoms with Gasteiger partial charge >= 0.3 is 0 Å². The van der Waals surface area contributed by atoms with Crippen molar-refractivity contribution in [1.82, 2.24) is 10.2 Å². The number of nitrogens with one attached hydrogen (secondary N) is 2. The van der Waals surface area contributed by atoms with Crippen LogP contribution in [0.1, 0.15) is 57.2 Å². The lowest BCUT2D eigenvalue weighted by atomic mass is 9.62. The van der Waals surface area contributed by atoms with Crippen molar-refractivity contribution in [2.75, 3.05) is 11.9 Å². The minimum Gasteiger partial charge on any atom is -0.394 e. The Morgan fingerprint density at radius 2 is 1.85 bits per heavy atom. The van der Waals surface area contributed by atoms with Gasteiger partial charge in [-0.05, 0) is 61.8 Å². The highest BCUT2D eigenvalue weighted by Gasteiger charge is 2.80. The molecule has 41 heavy (non-hydrogen) atoms. The number of benzene rings is 2. The highest BCUT2D eigenvalue weighted by atomic mass is 16.5. The molecule has 0 aromatic heterocycles. The second kappa shape index (κ2) is 10.9. The molecule has 3 unspecified atom stereocenters. The Kier molecular flexibility index (Phi) is 7.76. The summed E-state index contributed by atoms with van der Waals surface area (Å²) in [5, 5.41) is 16.7. The number of carbonyl (C=O) groups excluding carboxylic acids is 3. The number of hydrogen-bond donors (Lipinski definition) is 3. The van der Waals surface area contributed by atoms with E-state index in [9.17, 15) is 19.5 Å². The van der Waals surface area contributed by atoms with Crippen molar-refractivity contribution < 1.29 is 24.2 Å². The van der Waals surface area contributed by atoms with Gasteiger partial charge in [0.05, 0.1) is 30.1 Å². The lowest BCUT2D eigenvalue weighted by molar-refractivity contribution is -0.150. The number of nitrogens with zero attached hydrogens (tertiary/aromatic N) is 1. The molecule has 3 aliphatic heterocycles. The van der Waals surface area contributed by atoms with E-state index < -0.39 is 35.1 Å². The van der Waals surface area contributed by atoms with E-state index in [0.717, 1.165) is 16.7 Å². The molecule has 3 amide bonds. The van der Waals surface area contributed by atoms with Crippen molar-refractivity contribution >= 4 is 23.4 Å². The van der Waals surface area contributed by atoms with Gasteiger partial charge in [-0.25, -0.2) is 0 Å². The smallest absolute Gasteiger partial charge is 0.250 e. The normalized spacial score (nSPS) is 31.6. The Hall–Kier alpha value is -3.23. The van der Waals surface area contributed by atoms with Crippen LogP contribution in [0.25, 0.3) is 0 Å². The molecular weight excluding hydrogens is 518 g/mol. The van der Waals surface area contributed by atoms with E-state index in [1.807, 2.05) is 90.1 Å². The summed E-state index contributed by atoms with van der Waals surface area (Å²) in [5.41, 5.74) is 1.46. The Balaban J connectivity index is 1.56. The quantitative estimate of drug-likeness (QED) is 0.429. The first kappa shape index (κ1) is 29.3.